The predicted octanol–water partition coefficient (Wildman–Crippen LogP) is 3.01. The van der Waals surface area contributed by atoms with E-state index in [1.54, 1.807) is 0 Å². The Morgan fingerprint density at radius 3 is 2.38 bits per heavy atom. The minimum Gasteiger partial charge on any atom is -0.480 e. The SMILES string of the molecule is O=C(NC[C@H]1CCO[C@H]1C(=O)N1CCC[C@@H]1C(=O)O)OCC1c2ccccc2-c2ccccc21. The molecule has 2 heterocycles. The summed E-state index contributed by atoms with van der Waals surface area (Å²) in [6.45, 7) is 1.28. The Bertz CT molecular complexity index is 1060. The van der Waals surface area contributed by atoms with Crippen molar-refractivity contribution in [3.8, 4) is 11.1 Å². The molecule has 2 aliphatic heterocycles. The molecule has 0 bridgehead atoms. The van der Waals surface area contributed by atoms with Gasteiger partial charge in [-0.05, 0) is 41.5 Å². The maximum Gasteiger partial charge on any atom is 0.407 e. The summed E-state index contributed by atoms with van der Waals surface area (Å²) in [4.78, 5) is 38.3. The Hall–Kier alpha value is -3.39. The molecule has 2 fully saturated rings. The number of likely N-dealkylation sites (tertiary alicyclic amines) is 1. The molecule has 0 radical (unpaired) electrons. The van der Waals surface area contributed by atoms with Crippen molar-refractivity contribution in [1.82, 2.24) is 10.2 Å². The lowest BCUT2D eigenvalue weighted by Crippen LogP contribution is -2.48. The molecule has 8 nitrogen and oxygen atoms in total. The van der Waals surface area contributed by atoms with Gasteiger partial charge in [-0.15, -0.1) is 0 Å². The van der Waals surface area contributed by atoms with E-state index >= 15 is 0 Å². The number of carboxylic acid groups (broad SMARTS) is 1. The molecule has 34 heavy (non-hydrogen) atoms. The van der Waals surface area contributed by atoms with Crippen molar-refractivity contribution in [2.24, 2.45) is 5.92 Å². The number of fused-ring (bicyclic) bond motifs is 3. The van der Waals surface area contributed by atoms with Crippen molar-refractivity contribution in [2.45, 2.75) is 37.3 Å². The van der Waals surface area contributed by atoms with Gasteiger partial charge in [0, 0.05) is 31.5 Å². The van der Waals surface area contributed by atoms with Gasteiger partial charge in [-0.3, -0.25) is 4.79 Å². The lowest BCUT2D eigenvalue weighted by molar-refractivity contribution is -0.153. The zero-order chi connectivity index (χ0) is 23.7. The van der Waals surface area contributed by atoms with Crippen LogP contribution >= 0.6 is 0 Å². The number of nitrogens with one attached hydrogen (secondary N) is 1. The quantitative estimate of drug-likeness (QED) is 0.681. The molecule has 0 spiro atoms. The van der Waals surface area contributed by atoms with Crippen molar-refractivity contribution in [3.05, 3.63) is 59.7 Å². The lowest BCUT2D eigenvalue weighted by atomic mass is 9.98. The first-order valence-electron chi connectivity index (χ1n) is 11.8. The van der Waals surface area contributed by atoms with Crippen LogP contribution in [0.2, 0.25) is 0 Å². The Balaban J connectivity index is 1.17. The van der Waals surface area contributed by atoms with Crippen LogP contribution < -0.4 is 5.32 Å². The number of hydrogen-bond donors (Lipinski definition) is 2. The van der Waals surface area contributed by atoms with Crippen LogP contribution in [0.4, 0.5) is 4.79 Å². The lowest BCUT2D eigenvalue weighted by Gasteiger charge is -2.27. The van der Waals surface area contributed by atoms with Crippen LogP contribution in [0.25, 0.3) is 11.1 Å². The molecule has 2 aromatic carbocycles. The first kappa shape index (κ1) is 22.4. The van der Waals surface area contributed by atoms with Crippen molar-refractivity contribution >= 4 is 18.0 Å². The third kappa shape index (κ3) is 4.14. The molecule has 0 saturated carbocycles. The number of rotatable bonds is 6. The van der Waals surface area contributed by atoms with Crippen LogP contribution in [0.15, 0.2) is 48.5 Å². The van der Waals surface area contributed by atoms with Gasteiger partial charge in [-0.2, -0.15) is 0 Å². The standard InChI is InChI=1S/C26H28N2O6/c29-24(28-12-5-10-22(28)25(30)31)23-16(11-13-33-23)14-27-26(32)34-15-21-19-8-3-1-6-17(19)18-7-2-4-9-20(18)21/h1-4,6-9,16,21-23H,5,10-15H2,(H,27,32)(H,30,31)/t16-,22-,23-/m1/s1. The number of benzene rings is 2. The van der Waals surface area contributed by atoms with Gasteiger partial charge in [0.2, 0.25) is 0 Å². The molecule has 3 atom stereocenters. The molecular formula is C26H28N2O6. The highest BCUT2D eigenvalue weighted by molar-refractivity contribution is 5.87. The summed E-state index contributed by atoms with van der Waals surface area (Å²) in [6.07, 6.45) is 0.457. The van der Waals surface area contributed by atoms with Gasteiger partial charge in [-0.25, -0.2) is 9.59 Å². The second-order valence-electron chi connectivity index (χ2n) is 9.07. The highest BCUT2D eigenvalue weighted by atomic mass is 16.5. The minimum absolute atomic E-state index is 0.0228. The summed E-state index contributed by atoms with van der Waals surface area (Å²) >= 11 is 0. The fourth-order valence-electron chi connectivity index (χ4n) is 5.43. The average molecular weight is 465 g/mol. The molecule has 2 aromatic rings. The van der Waals surface area contributed by atoms with Gasteiger partial charge in [-0.1, -0.05) is 48.5 Å². The Labute approximate surface area is 197 Å². The van der Waals surface area contributed by atoms with Gasteiger partial charge in [0.15, 0.2) is 0 Å². The molecule has 2 N–H and O–H groups in total. The van der Waals surface area contributed by atoms with Gasteiger partial charge in [0.1, 0.15) is 18.8 Å². The largest absolute Gasteiger partial charge is 0.480 e. The smallest absolute Gasteiger partial charge is 0.407 e. The molecule has 8 heteroatoms. The maximum atomic E-state index is 12.9. The summed E-state index contributed by atoms with van der Waals surface area (Å²) in [5.74, 6) is -1.53. The summed E-state index contributed by atoms with van der Waals surface area (Å²) in [5, 5.41) is 12.2. The third-order valence-corrected chi connectivity index (χ3v) is 7.13. The second-order valence-corrected chi connectivity index (χ2v) is 9.07. The number of nitrogens with zero attached hydrogens (tertiary/aromatic N) is 1. The first-order chi connectivity index (χ1) is 16.5. The second kappa shape index (κ2) is 9.46. The maximum absolute atomic E-state index is 12.9. The van der Waals surface area contributed by atoms with E-state index in [4.69, 9.17) is 9.47 Å². The normalized spacial score (nSPS) is 23.4. The molecule has 178 valence electrons. The minimum atomic E-state index is -0.989. The number of hydrogen-bond acceptors (Lipinski definition) is 5. The fraction of sp³-hybridized carbons (Fsp3) is 0.423. The van der Waals surface area contributed by atoms with Crippen LogP contribution in [-0.4, -0.2) is 66.4 Å². The van der Waals surface area contributed by atoms with Gasteiger partial charge >= 0.3 is 12.1 Å². The summed E-state index contributed by atoms with van der Waals surface area (Å²) < 4.78 is 11.2. The van der Waals surface area contributed by atoms with E-state index in [-0.39, 0.29) is 30.9 Å². The van der Waals surface area contributed by atoms with Gasteiger partial charge < -0.3 is 24.8 Å². The molecule has 3 aliphatic rings. The van der Waals surface area contributed by atoms with Crippen LogP contribution in [0, 0.1) is 5.92 Å². The van der Waals surface area contributed by atoms with Crippen molar-refractivity contribution in [3.63, 3.8) is 0 Å². The van der Waals surface area contributed by atoms with E-state index < -0.39 is 24.2 Å². The predicted molar refractivity (Wildman–Crippen MR) is 123 cm³/mol. The van der Waals surface area contributed by atoms with E-state index in [1.807, 2.05) is 24.3 Å². The van der Waals surface area contributed by atoms with Crippen molar-refractivity contribution in [1.29, 1.82) is 0 Å². The van der Waals surface area contributed by atoms with Crippen LogP contribution in [0.1, 0.15) is 36.3 Å². The summed E-state index contributed by atoms with van der Waals surface area (Å²) in [5.41, 5.74) is 4.62. The highest BCUT2D eigenvalue weighted by Gasteiger charge is 2.42. The average Bonchev–Trinajstić information content (AvgIpc) is 3.59. The number of aliphatic carboxylic acids is 1. The molecule has 5 rings (SSSR count). The zero-order valence-electron chi connectivity index (χ0n) is 18.8. The zero-order valence-corrected chi connectivity index (χ0v) is 18.8. The van der Waals surface area contributed by atoms with E-state index in [0.29, 0.717) is 32.4 Å². The van der Waals surface area contributed by atoms with E-state index in [9.17, 15) is 19.5 Å². The van der Waals surface area contributed by atoms with Crippen molar-refractivity contribution < 1.29 is 29.0 Å². The Morgan fingerprint density at radius 1 is 1.03 bits per heavy atom. The molecule has 0 aromatic heterocycles. The first-order valence-corrected chi connectivity index (χ1v) is 11.8. The molecular weight excluding hydrogens is 436 g/mol. The topological polar surface area (TPSA) is 105 Å². The van der Waals surface area contributed by atoms with Crippen molar-refractivity contribution in [2.75, 3.05) is 26.3 Å². The van der Waals surface area contributed by atoms with E-state index in [1.165, 1.54) is 4.90 Å². The number of alkyl carbamates (subject to hydrolysis) is 1. The third-order valence-electron chi connectivity index (χ3n) is 7.13. The highest BCUT2D eigenvalue weighted by Crippen LogP contribution is 2.44. The molecule has 2 saturated heterocycles. The molecule has 2 amide bonds. The van der Waals surface area contributed by atoms with Gasteiger partial charge in [0.25, 0.3) is 5.91 Å². The number of ether oxygens (including phenoxy) is 2. The van der Waals surface area contributed by atoms with Crippen LogP contribution in [0.5, 0.6) is 0 Å². The van der Waals surface area contributed by atoms with E-state index in [2.05, 4.69) is 29.6 Å². The van der Waals surface area contributed by atoms with Crippen LogP contribution in [-0.2, 0) is 19.1 Å². The molecule has 0 unspecified atom stereocenters. The number of amides is 2. The summed E-state index contributed by atoms with van der Waals surface area (Å²) in [7, 11) is 0. The van der Waals surface area contributed by atoms with Gasteiger partial charge in [0.05, 0.1) is 0 Å². The Kier molecular flexibility index (Phi) is 6.24. The fourth-order valence-corrected chi connectivity index (χ4v) is 5.43. The Morgan fingerprint density at radius 2 is 1.71 bits per heavy atom. The molecule has 1 aliphatic carbocycles. The number of carbonyl (C=O) groups excluding carboxylic acids is 2. The monoisotopic (exact) mass is 464 g/mol. The van der Waals surface area contributed by atoms with E-state index in [0.717, 1.165) is 22.3 Å². The van der Waals surface area contributed by atoms with Crippen LogP contribution in [0.3, 0.4) is 0 Å². The number of carbonyl (C=O) groups is 3. The number of carboxylic acids is 1. The summed E-state index contributed by atoms with van der Waals surface area (Å²) in [6, 6.07) is 15.5.